The molecule has 0 atom stereocenters. The Morgan fingerprint density at radius 3 is 2.44 bits per heavy atom. The summed E-state index contributed by atoms with van der Waals surface area (Å²) in [7, 11) is 0. The third-order valence-corrected chi connectivity index (χ3v) is 6.61. The van der Waals surface area contributed by atoms with Crippen LogP contribution < -0.4 is 10.6 Å². The van der Waals surface area contributed by atoms with E-state index in [9.17, 15) is 4.39 Å². The number of anilines is 2. The summed E-state index contributed by atoms with van der Waals surface area (Å²) in [6.07, 6.45) is 0. The molecule has 7 nitrogen and oxygen atoms in total. The normalized spacial score (nSPS) is 14.9. The van der Waals surface area contributed by atoms with Gasteiger partial charge in [-0.25, -0.2) is 14.1 Å². The van der Waals surface area contributed by atoms with Crippen molar-refractivity contribution in [2.24, 2.45) is 0 Å². The molecule has 5 rings (SSSR count). The minimum Gasteiger partial charge on any atom is -0.383 e. The molecule has 0 spiro atoms. The number of nitrogens with zero attached hydrogens (tertiary/aromatic N) is 6. The number of nitrogens with two attached hydrogens (primary N) is 1. The average Bonchev–Trinajstić information content (AvgIpc) is 3.16. The van der Waals surface area contributed by atoms with Gasteiger partial charge in [0, 0.05) is 37.8 Å². The topological polar surface area (TPSA) is 76.1 Å². The molecule has 2 N–H and O–H groups in total. The van der Waals surface area contributed by atoms with Crippen molar-refractivity contribution in [2.75, 3.05) is 36.8 Å². The number of fused-ring (bicyclic) bond motifs is 1. The third kappa shape index (κ3) is 4.31. The van der Waals surface area contributed by atoms with Crippen LogP contribution in [0.25, 0.3) is 22.3 Å². The van der Waals surface area contributed by atoms with Gasteiger partial charge in [0.25, 0.3) is 0 Å². The molecule has 0 unspecified atom stereocenters. The molecule has 0 aliphatic carbocycles. The van der Waals surface area contributed by atoms with Crippen LogP contribution in [0.4, 0.5) is 16.2 Å². The maximum Gasteiger partial charge on any atom is 0.228 e. The first kappa shape index (κ1) is 22.6. The van der Waals surface area contributed by atoms with Crippen molar-refractivity contribution in [1.29, 1.82) is 0 Å². The zero-order valence-corrected chi connectivity index (χ0v) is 20.0. The maximum atomic E-state index is 13.9. The lowest BCUT2D eigenvalue weighted by Crippen LogP contribution is -2.49. The average molecular weight is 480 g/mol. The van der Waals surface area contributed by atoms with Gasteiger partial charge < -0.3 is 10.6 Å². The van der Waals surface area contributed by atoms with Crippen LogP contribution in [0.5, 0.6) is 0 Å². The van der Waals surface area contributed by atoms with Crippen LogP contribution in [-0.4, -0.2) is 56.9 Å². The van der Waals surface area contributed by atoms with Crippen molar-refractivity contribution < 1.29 is 4.39 Å². The monoisotopic (exact) mass is 479 g/mol. The molecule has 3 heterocycles. The fraction of sp³-hybridized carbons (Fsp3) is 0.320. The molecule has 0 saturated carbocycles. The third-order valence-electron chi connectivity index (χ3n) is 6.32. The van der Waals surface area contributed by atoms with Crippen molar-refractivity contribution in [3.05, 3.63) is 64.9 Å². The van der Waals surface area contributed by atoms with Crippen LogP contribution in [-0.2, 0) is 6.54 Å². The molecule has 1 saturated heterocycles. The van der Waals surface area contributed by atoms with Crippen molar-refractivity contribution in [1.82, 2.24) is 24.6 Å². The fourth-order valence-corrected chi connectivity index (χ4v) is 4.53. The quantitative estimate of drug-likeness (QED) is 0.456. The first-order chi connectivity index (χ1) is 16.4. The lowest BCUT2D eigenvalue weighted by Gasteiger charge is -2.36. The Bertz CT molecular complexity index is 1310. The first-order valence-electron chi connectivity index (χ1n) is 11.4. The highest BCUT2D eigenvalue weighted by Gasteiger charge is 2.24. The van der Waals surface area contributed by atoms with Gasteiger partial charge in [-0.1, -0.05) is 41.9 Å². The lowest BCUT2D eigenvalue weighted by molar-refractivity contribution is 0.208. The summed E-state index contributed by atoms with van der Waals surface area (Å²) < 4.78 is 15.6. The molecule has 4 aromatic rings. The van der Waals surface area contributed by atoms with Crippen LogP contribution in [0.3, 0.4) is 0 Å². The Labute approximate surface area is 203 Å². The molecular weight excluding hydrogens is 453 g/mol. The van der Waals surface area contributed by atoms with E-state index >= 15 is 0 Å². The number of piperazine rings is 1. The van der Waals surface area contributed by atoms with Gasteiger partial charge in [0.1, 0.15) is 11.6 Å². The smallest absolute Gasteiger partial charge is 0.228 e. The predicted octanol–water partition coefficient (Wildman–Crippen LogP) is 4.45. The molecule has 2 aromatic carbocycles. The molecular formula is C25H27ClFN7. The van der Waals surface area contributed by atoms with Crippen LogP contribution in [0.1, 0.15) is 19.4 Å². The second-order valence-electron chi connectivity index (χ2n) is 8.84. The Kier molecular flexibility index (Phi) is 6.10. The summed E-state index contributed by atoms with van der Waals surface area (Å²) in [5.41, 5.74) is 9.43. The van der Waals surface area contributed by atoms with Crippen molar-refractivity contribution in [2.45, 2.75) is 26.4 Å². The Morgan fingerprint density at radius 2 is 1.76 bits per heavy atom. The van der Waals surface area contributed by atoms with E-state index in [1.807, 2.05) is 30.3 Å². The van der Waals surface area contributed by atoms with Crippen LogP contribution in [0.15, 0.2) is 48.5 Å². The number of aromatic nitrogens is 4. The highest BCUT2D eigenvalue weighted by atomic mass is 35.5. The SMILES string of the molecule is CC(C)N1CCN(c2nc(-c3ccc(F)c(Cl)c3)c3c(N)n(Cc4ccccc4)nc3n2)CC1. The molecule has 9 heteroatoms. The van der Waals surface area contributed by atoms with Gasteiger partial charge in [-0.3, -0.25) is 4.90 Å². The lowest BCUT2D eigenvalue weighted by atomic mass is 10.1. The van der Waals surface area contributed by atoms with E-state index < -0.39 is 5.82 Å². The number of rotatable bonds is 5. The van der Waals surface area contributed by atoms with E-state index in [1.54, 1.807) is 16.8 Å². The van der Waals surface area contributed by atoms with Crippen LogP contribution in [0.2, 0.25) is 5.02 Å². The van der Waals surface area contributed by atoms with E-state index in [2.05, 4.69) is 23.6 Å². The first-order valence-corrected chi connectivity index (χ1v) is 11.8. The van der Waals surface area contributed by atoms with Crippen molar-refractivity contribution in [3.8, 4) is 11.3 Å². The van der Waals surface area contributed by atoms with Gasteiger partial charge in [0.2, 0.25) is 5.95 Å². The molecule has 2 aromatic heterocycles. The van der Waals surface area contributed by atoms with Gasteiger partial charge in [-0.05, 0) is 37.6 Å². The van der Waals surface area contributed by atoms with Gasteiger partial charge in [0.15, 0.2) is 5.65 Å². The van der Waals surface area contributed by atoms with E-state index in [0.29, 0.717) is 46.6 Å². The number of benzene rings is 2. The Hall–Kier alpha value is -3.23. The maximum absolute atomic E-state index is 13.9. The molecule has 1 fully saturated rings. The number of halogens is 2. The minimum atomic E-state index is -0.478. The largest absolute Gasteiger partial charge is 0.383 e. The molecule has 1 aliphatic heterocycles. The van der Waals surface area contributed by atoms with Crippen molar-refractivity contribution in [3.63, 3.8) is 0 Å². The zero-order chi connectivity index (χ0) is 23.8. The van der Waals surface area contributed by atoms with E-state index in [0.717, 1.165) is 31.7 Å². The van der Waals surface area contributed by atoms with Gasteiger partial charge in [-0.15, -0.1) is 5.10 Å². The summed E-state index contributed by atoms with van der Waals surface area (Å²) in [5.74, 6) is 0.578. The summed E-state index contributed by atoms with van der Waals surface area (Å²) >= 11 is 6.11. The van der Waals surface area contributed by atoms with Gasteiger partial charge in [-0.2, -0.15) is 4.98 Å². The highest BCUT2D eigenvalue weighted by Crippen LogP contribution is 2.34. The van der Waals surface area contributed by atoms with Crippen molar-refractivity contribution >= 4 is 34.4 Å². The molecule has 0 radical (unpaired) electrons. The second kappa shape index (κ2) is 9.19. The number of nitrogen functional groups attached to an aromatic ring is 1. The van der Waals surface area contributed by atoms with Crippen LogP contribution >= 0.6 is 11.6 Å². The summed E-state index contributed by atoms with van der Waals surface area (Å²) in [5, 5.41) is 5.40. The number of hydrogen-bond donors (Lipinski definition) is 1. The fourth-order valence-electron chi connectivity index (χ4n) is 4.35. The Balaban J connectivity index is 1.61. The Morgan fingerprint density at radius 1 is 1.03 bits per heavy atom. The standard InChI is InChI=1S/C25H27ClFN7/c1-16(2)32-10-12-33(13-11-32)25-29-22(18-8-9-20(27)19(26)14-18)21-23(28)34(31-24(21)30-25)15-17-6-4-3-5-7-17/h3-9,14,16H,10-13,15,28H2,1-2H3. The zero-order valence-electron chi connectivity index (χ0n) is 19.2. The molecule has 0 amide bonds. The van der Waals surface area contributed by atoms with Gasteiger partial charge in [0.05, 0.1) is 22.6 Å². The molecule has 1 aliphatic rings. The highest BCUT2D eigenvalue weighted by molar-refractivity contribution is 6.31. The molecule has 0 bridgehead atoms. The predicted molar refractivity (Wildman–Crippen MR) is 135 cm³/mol. The minimum absolute atomic E-state index is 0.0339. The van der Waals surface area contributed by atoms with E-state index in [-0.39, 0.29) is 5.02 Å². The number of hydrogen-bond acceptors (Lipinski definition) is 6. The summed E-state index contributed by atoms with van der Waals surface area (Å²) in [4.78, 5) is 14.3. The second-order valence-corrected chi connectivity index (χ2v) is 9.25. The molecule has 34 heavy (non-hydrogen) atoms. The summed E-state index contributed by atoms with van der Waals surface area (Å²) in [6, 6.07) is 15.1. The van der Waals surface area contributed by atoms with E-state index in [1.165, 1.54) is 6.07 Å². The summed E-state index contributed by atoms with van der Waals surface area (Å²) in [6.45, 7) is 8.41. The van der Waals surface area contributed by atoms with Crippen LogP contribution in [0, 0.1) is 5.82 Å². The van der Waals surface area contributed by atoms with Gasteiger partial charge >= 0.3 is 0 Å². The molecule has 176 valence electrons. The van der Waals surface area contributed by atoms with E-state index in [4.69, 9.17) is 32.4 Å².